The number of rotatable bonds is 13. The van der Waals surface area contributed by atoms with E-state index in [0.717, 1.165) is 23.8 Å². The number of amides is 1. The minimum Gasteiger partial charge on any atom is -0.446 e. The van der Waals surface area contributed by atoms with Crippen LogP contribution in [0.2, 0.25) is 0 Å². The van der Waals surface area contributed by atoms with Crippen molar-refractivity contribution in [2.24, 2.45) is 0 Å². The second-order valence-corrected chi connectivity index (χ2v) is 12.7. The molecule has 0 radical (unpaired) electrons. The lowest BCUT2D eigenvalue weighted by molar-refractivity contribution is -0.713. The van der Waals surface area contributed by atoms with Crippen molar-refractivity contribution < 1.29 is 37.5 Å². The third-order valence-corrected chi connectivity index (χ3v) is 9.02. The number of pyridine rings is 1. The van der Waals surface area contributed by atoms with Crippen LogP contribution in [0.4, 0.5) is 19.4 Å². The Morgan fingerprint density at radius 3 is 2.67 bits per heavy atom. The minimum absolute atomic E-state index is 0.104. The van der Waals surface area contributed by atoms with E-state index in [9.17, 15) is 19.1 Å². The monoisotopic (exact) mass is 717 g/mol. The van der Waals surface area contributed by atoms with Gasteiger partial charge in [-0.15, -0.1) is 16.0 Å². The minimum atomic E-state index is -1.97. The zero-order chi connectivity index (χ0) is 36.7. The molecule has 0 spiro atoms. The number of nitrogens with zero attached hydrogens (tertiary/aromatic N) is 7. The summed E-state index contributed by atoms with van der Waals surface area (Å²) in [6.45, 7) is 2.76. The van der Waals surface area contributed by atoms with E-state index in [2.05, 4.69) is 21.5 Å². The van der Waals surface area contributed by atoms with E-state index in [1.165, 1.54) is 46.4 Å². The Morgan fingerprint density at radius 2 is 1.96 bits per heavy atom. The van der Waals surface area contributed by atoms with Crippen LogP contribution in [0.5, 0.6) is 0 Å². The number of carbonyl (C=O) groups excluding carboxylic acids is 2. The van der Waals surface area contributed by atoms with Gasteiger partial charge in [-0.25, -0.2) is 28.1 Å². The summed E-state index contributed by atoms with van der Waals surface area (Å²) in [6.07, 6.45) is 2.83. The van der Waals surface area contributed by atoms with Gasteiger partial charge in [0.15, 0.2) is 6.23 Å². The fourth-order valence-electron chi connectivity index (χ4n) is 5.35. The number of esters is 1. The zero-order valence-corrected chi connectivity index (χ0v) is 29.0. The Labute approximate surface area is 296 Å². The molecule has 13 nitrogen and oxygen atoms in total. The van der Waals surface area contributed by atoms with Crippen molar-refractivity contribution in [3.63, 3.8) is 0 Å². The maximum absolute atomic E-state index is 15.3. The highest BCUT2D eigenvalue weighted by Gasteiger charge is 2.43. The normalized spacial score (nSPS) is 13.5. The number of hydrogen-bond acceptors (Lipinski definition) is 11. The summed E-state index contributed by atoms with van der Waals surface area (Å²) in [6, 6.07) is 15.2. The number of hydrogen-bond donors (Lipinski definition) is 2. The van der Waals surface area contributed by atoms with Gasteiger partial charge in [0.05, 0.1) is 27.9 Å². The molecule has 3 aromatic heterocycles. The molecule has 0 aliphatic carbocycles. The molecule has 3 atom stereocenters. The lowest BCUT2D eigenvalue weighted by Crippen LogP contribution is -2.48. The average Bonchev–Trinajstić information content (AvgIpc) is 3.78. The molecule has 264 valence electrons. The second-order valence-electron chi connectivity index (χ2n) is 11.8. The van der Waals surface area contributed by atoms with E-state index >= 15 is 4.39 Å². The van der Waals surface area contributed by atoms with E-state index in [1.807, 2.05) is 0 Å². The largest absolute Gasteiger partial charge is 0.446 e. The van der Waals surface area contributed by atoms with Gasteiger partial charge >= 0.3 is 12.1 Å². The first kappa shape index (κ1) is 36.6. The highest BCUT2D eigenvalue weighted by molar-refractivity contribution is 7.10. The van der Waals surface area contributed by atoms with E-state index in [4.69, 9.17) is 19.7 Å². The van der Waals surface area contributed by atoms with Crippen LogP contribution in [-0.2, 0) is 33.0 Å². The van der Waals surface area contributed by atoms with Crippen LogP contribution in [-0.4, -0.2) is 62.5 Å². The first-order valence-electron chi connectivity index (χ1n) is 15.7. The molecule has 1 unspecified atom stereocenters. The molecule has 0 fully saturated rings. The molecule has 0 aliphatic heterocycles. The molecule has 5 rings (SSSR count). The topological polar surface area (TPSA) is 159 Å². The molecular weight excluding hydrogens is 682 g/mol. The van der Waals surface area contributed by atoms with Crippen molar-refractivity contribution >= 4 is 29.2 Å². The highest BCUT2D eigenvalue weighted by Crippen LogP contribution is 2.41. The van der Waals surface area contributed by atoms with E-state index in [-0.39, 0.29) is 31.1 Å². The van der Waals surface area contributed by atoms with Crippen molar-refractivity contribution in [3.8, 4) is 17.3 Å². The molecule has 2 N–H and O–H groups in total. The van der Waals surface area contributed by atoms with Crippen LogP contribution in [0.1, 0.15) is 47.7 Å². The number of halogens is 2. The van der Waals surface area contributed by atoms with E-state index in [1.54, 1.807) is 67.7 Å². The number of nitrogens with one attached hydrogen (secondary N) is 1. The van der Waals surface area contributed by atoms with Crippen LogP contribution >= 0.6 is 11.3 Å². The molecule has 51 heavy (non-hydrogen) atoms. The van der Waals surface area contributed by atoms with Gasteiger partial charge in [-0.05, 0) is 56.6 Å². The van der Waals surface area contributed by atoms with Crippen LogP contribution in [0.15, 0.2) is 78.8 Å². The van der Waals surface area contributed by atoms with E-state index in [0.29, 0.717) is 21.8 Å². The predicted molar refractivity (Wildman–Crippen MR) is 181 cm³/mol. The third-order valence-electron chi connectivity index (χ3n) is 7.99. The molecule has 0 saturated heterocycles. The molecule has 16 heteroatoms. The maximum atomic E-state index is 15.3. The van der Waals surface area contributed by atoms with Gasteiger partial charge in [0.1, 0.15) is 42.7 Å². The summed E-state index contributed by atoms with van der Waals surface area (Å²) >= 11 is 1.26. The number of anilines is 1. The van der Waals surface area contributed by atoms with Crippen molar-refractivity contribution in [1.29, 1.82) is 5.26 Å². The zero-order valence-electron chi connectivity index (χ0n) is 28.2. The number of ether oxygens (including phenoxy) is 2. The third kappa shape index (κ3) is 8.76. The quantitative estimate of drug-likeness (QED) is 0.0975. The molecule has 0 saturated carbocycles. The lowest BCUT2D eigenvalue weighted by Gasteiger charge is -2.32. The van der Waals surface area contributed by atoms with Gasteiger partial charge < -0.3 is 14.6 Å². The molecule has 5 aromatic rings. The Hall–Kier alpha value is -5.63. The van der Waals surface area contributed by atoms with Crippen LogP contribution in [0.25, 0.3) is 11.3 Å². The molecule has 1 amide bonds. The number of nitriles is 1. The number of aliphatic hydroxyl groups is 1. The Morgan fingerprint density at radius 1 is 1.20 bits per heavy atom. The van der Waals surface area contributed by atoms with Crippen LogP contribution in [0.3, 0.4) is 0 Å². The molecule has 0 bridgehead atoms. The predicted octanol–water partition coefficient (Wildman–Crippen LogP) is 4.90. The fourth-order valence-corrected chi connectivity index (χ4v) is 6.32. The van der Waals surface area contributed by atoms with Crippen molar-refractivity contribution in [2.45, 2.75) is 44.7 Å². The van der Waals surface area contributed by atoms with Crippen LogP contribution < -0.4 is 9.88 Å². The van der Waals surface area contributed by atoms with Crippen molar-refractivity contribution in [1.82, 2.24) is 24.6 Å². The van der Waals surface area contributed by atoms with Crippen LogP contribution in [0, 0.1) is 23.0 Å². The van der Waals surface area contributed by atoms with Gasteiger partial charge in [0, 0.05) is 40.6 Å². The Bertz CT molecular complexity index is 2050. The molecular formula is C35H35F2N8O5S+. The van der Waals surface area contributed by atoms with Crippen molar-refractivity contribution in [3.05, 3.63) is 112 Å². The standard InChI is InChI=1S/C35H34F2N8O5S/c1-22(32-41-30(18-51-32)25-9-7-24(17-38)8-10-25)35(48,28-16-26(36)11-12-29(28)37)19-44-20-40-45(21-44)14-15-49-34(47)42-31-27(6-5-13-39-31)33(43(3)4)50-23(2)46/h5-13,16,18,20-22,33,48H,14-15,19H2,1-4H3/p+1/t22-,33?,35+/m0/s1. The smallest absolute Gasteiger partial charge is 0.412 e. The summed E-state index contributed by atoms with van der Waals surface area (Å²) in [7, 11) is 3.42. The summed E-state index contributed by atoms with van der Waals surface area (Å²) in [5.74, 6) is -2.66. The molecule has 0 aliphatic rings. The van der Waals surface area contributed by atoms with Gasteiger partial charge in [-0.3, -0.25) is 15.0 Å². The van der Waals surface area contributed by atoms with Gasteiger partial charge in [-0.1, -0.05) is 19.1 Å². The number of thiazole rings is 1. The SMILES string of the molecule is CC(=O)OC(c1cccnc1NC(=O)OCCn1c[n+](C[C@](O)(c2cc(F)ccc2F)[C@@H](C)c2nc(-c3ccc(C#N)cc3)cs2)cn1)N(C)C. The highest BCUT2D eigenvalue weighted by atomic mass is 32.1. The van der Waals surface area contributed by atoms with Gasteiger partial charge in [-0.2, -0.15) is 5.26 Å². The average molecular weight is 718 g/mol. The number of aromatic nitrogens is 5. The second kappa shape index (κ2) is 15.9. The summed E-state index contributed by atoms with van der Waals surface area (Å²) in [5.41, 5.74) is 0.0971. The lowest BCUT2D eigenvalue weighted by atomic mass is 9.82. The first-order valence-corrected chi connectivity index (χ1v) is 16.5. The Kier molecular flexibility index (Phi) is 11.4. The van der Waals surface area contributed by atoms with Gasteiger partial charge in [0.2, 0.25) is 6.33 Å². The maximum Gasteiger partial charge on any atom is 0.412 e. The number of benzene rings is 2. The molecule has 2 aromatic carbocycles. The van der Waals surface area contributed by atoms with Crippen molar-refractivity contribution in [2.75, 3.05) is 26.0 Å². The van der Waals surface area contributed by atoms with E-state index < -0.39 is 41.4 Å². The summed E-state index contributed by atoms with van der Waals surface area (Å²) in [5, 5.41) is 30.4. The summed E-state index contributed by atoms with van der Waals surface area (Å²) in [4.78, 5) is 34.8. The fraction of sp³-hybridized carbons (Fsp3) is 0.286. The molecule has 3 heterocycles. The van der Waals surface area contributed by atoms with Gasteiger partial charge in [0.25, 0.3) is 6.33 Å². The first-order chi connectivity index (χ1) is 24.4. The summed E-state index contributed by atoms with van der Waals surface area (Å²) < 4.78 is 43.4. The Balaban J connectivity index is 1.29. The number of carbonyl (C=O) groups is 2.